The first-order valence-corrected chi connectivity index (χ1v) is 6.49. The highest BCUT2D eigenvalue weighted by Gasteiger charge is 2.14. The van der Waals surface area contributed by atoms with Gasteiger partial charge in [0, 0.05) is 13.0 Å². The minimum Gasteiger partial charge on any atom is -0.493 e. The van der Waals surface area contributed by atoms with E-state index in [-0.39, 0.29) is 12.6 Å². The van der Waals surface area contributed by atoms with Crippen molar-refractivity contribution < 1.29 is 14.3 Å². The van der Waals surface area contributed by atoms with Gasteiger partial charge in [0.05, 0.1) is 25.5 Å². The van der Waals surface area contributed by atoms with E-state index in [2.05, 4.69) is 11.4 Å². The first kappa shape index (κ1) is 12.3. The van der Waals surface area contributed by atoms with E-state index in [1.54, 1.807) is 6.26 Å². The molecule has 2 N–H and O–H groups in total. The van der Waals surface area contributed by atoms with Crippen LogP contribution in [0.4, 0.5) is 0 Å². The molecule has 0 bridgehead atoms. The molecule has 0 saturated carbocycles. The first-order chi connectivity index (χ1) is 9.36. The lowest BCUT2D eigenvalue weighted by Crippen LogP contribution is -2.23. The lowest BCUT2D eigenvalue weighted by Gasteiger charge is -2.14. The maximum atomic E-state index is 9.39. The third kappa shape index (κ3) is 2.64. The fourth-order valence-corrected chi connectivity index (χ4v) is 2.34. The molecular weight excluding hydrogens is 242 g/mol. The van der Waals surface area contributed by atoms with Crippen LogP contribution < -0.4 is 10.1 Å². The zero-order valence-corrected chi connectivity index (χ0v) is 10.6. The second kappa shape index (κ2) is 5.47. The average Bonchev–Trinajstić information content (AvgIpc) is 3.10. The molecule has 2 heterocycles. The van der Waals surface area contributed by atoms with Crippen LogP contribution in [0.25, 0.3) is 0 Å². The smallest absolute Gasteiger partial charge is 0.123 e. The zero-order valence-electron chi connectivity index (χ0n) is 10.6. The molecule has 1 unspecified atom stereocenters. The fourth-order valence-electron chi connectivity index (χ4n) is 2.34. The van der Waals surface area contributed by atoms with Gasteiger partial charge in [-0.1, -0.05) is 12.1 Å². The minimum absolute atomic E-state index is 0.0154. The van der Waals surface area contributed by atoms with Gasteiger partial charge in [-0.15, -0.1) is 0 Å². The number of hydrogen-bond donors (Lipinski definition) is 2. The molecule has 1 aliphatic rings. The molecule has 0 amide bonds. The molecule has 4 nitrogen and oxygen atoms in total. The van der Waals surface area contributed by atoms with Crippen molar-refractivity contribution >= 4 is 0 Å². The third-order valence-corrected chi connectivity index (χ3v) is 3.38. The number of ether oxygens (including phenoxy) is 1. The standard InChI is InChI=1S/C15H17NO3/c17-10-13(15-2-1-6-18-15)16-9-11-3-4-14-12(8-11)5-7-19-14/h1-4,6,8,13,16-17H,5,7,9-10H2. The summed E-state index contributed by atoms with van der Waals surface area (Å²) in [5.41, 5.74) is 2.45. The van der Waals surface area contributed by atoms with Gasteiger partial charge in [-0.25, -0.2) is 0 Å². The number of rotatable bonds is 5. The quantitative estimate of drug-likeness (QED) is 0.862. The lowest BCUT2D eigenvalue weighted by molar-refractivity contribution is 0.225. The van der Waals surface area contributed by atoms with Gasteiger partial charge >= 0.3 is 0 Å². The Labute approximate surface area is 112 Å². The predicted octanol–water partition coefficient (Wildman–Crippen LogP) is 2.04. The summed E-state index contributed by atoms with van der Waals surface area (Å²) in [7, 11) is 0. The number of fused-ring (bicyclic) bond motifs is 1. The van der Waals surface area contributed by atoms with E-state index >= 15 is 0 Å². The zero-order chi connectivity index (χ0) is 13.1. The van der Waals surface area contributed by atoms with Crippen LogP contribution in [0.1, 0.15) is 22.9 Å². The number of nitrogens with one attached hydrogen (secondary N) is 1. The van der Waals surface area contributed by atoms with E-state index in [1.165, 1.54) is 11.1 Å². The Morgan fingerprint density at radius 2 is 2.26 bits per heavy atom. The summed E-state index contributed by atoms with van der Waals surface area (Å²) in [6, 6.07) is 9.75. The summed E-state index contributed by atoms with van der Waals surface area (Å²) in [6.07, 6.45) is 2.59. The lowest BCUT2D eigenvalue weighted by atomic mass is 10.1. The Hall–Kier alpha value is -1.78. The van der Waals surface area contributed by atoms with Crippen molar-refractivity contribution in [2.75, 3.05) is 13.2 Å². The minimum atomic E-state index is -0.167. The SMILES string of the molecule is OCC(NCc1ccc2c(c1)CCO2)c1ccco1. The van der Waals surface area contributed by atoms with Gasteiger partial charge < -0.3 is 19.6 Å². The van der Waals surface area contributed by atoms with E-state index < -0.39 is 0 Å². The van der Waals surface area contributed by atoms with Gasteiger partial charge in [0.1, 0.15) is 11.5 Å². The number of furan rings is 1. The number of hydrogen-bond acceptors (Lipinski definition) is 4. The molecule has 1 aromatic carbocycles. The molecule has 0 radical (unpaired) electrons. The van der Waals surface area contributed by atoms with Crippen molar-refractivity contribution in [3.8, 4) is 5.75 Å². The Balaban J connectivity index is 1.65. The molecule has 19 heavy (non-hydrogen) atoms. The van der Waals surface area contributed by atoms with Crippen molar-refractivity contribution in [2.45, 2.75) is 19.0 Å². The average molecular weight is 259 g/mol. The molecule has 0 aliphatic carbocycles. The summed E-state index contributed by atoms with van der Waals surface area (Å²) in [5.74, 6) is 1.75. The van der Waals surface area contributed by atoms with Crippen molar-refractivity contribution in [1.29, 1.82) is 0 Å². The molecule has 4 heteroatoms. The summed E-state index contributed by atoms with van der Waals surface area (Å²) < 4.78 is 10.8. The van der Waals surface area contributed by atoms with Crippen LogP contribution >= 0.6 is 0 Å². The van der Waals surface area contributed by atoms with Crippen LogP contribution in [0.3, 0.4) is 0 Å². The Bertz CT molecular complexity index is 536. The van der Waals surface area contributed by atoms with Crippen molar-refractivity contribution in [3.05, 3.63) is 53.5 Å². The Kier molecular flexibility index (Phi) is 3.53. The van der Waals surface area contributed by atoms with Gasteiger partial charge in [0.15, 0.2) is 0 Å². The highest BCUT2D eigenvalue weighted by atomic mass is 16.5. The monoisotopic (exact) mass is 259 g/mol. The van der Waals surface area contributed by atoms with Crippen LogP contribution in [-0.2, 0) is 13.0 Å². The highest BCUT2D eigenvalue weighted by molar-refractivity contribution is 5.39. The Morgan fingerprint density at radius 1 is 1.32 bits per heavy atom. The molecule has 1 aromatic heterocycles. The van der Waals surface area contributed by atoms with E-state index in [9.17, 15) is 5.11 Å². The normalized spacial score (nSPS) is 15.0. The molecule has 1 atom stereocenters. The van der Waals surface area contributed by atoms with Gasteiger partial charge in [-0.2, -0.15) is 0 Å². The van der Waals surface area contributed by atoms with Gasteiger partial charge in [-0.3, -0.25) is 0 Å². The molecule has 0 fully saturated rings. The molecule has 0 saturated heterocycles. The fraction of sp³-hybridized carbons (Fsp3) is 0.333. The second-order valence-electron chi connectivity index (χ2n) is 4.67. The van der Waals surface area contributed by atoms with Crippen LogP contribution in [0.5, 0.6) is 5.75 Å². The van der Waals surface area contributed by atoms with Gasteiger partial charge in [0.2, 0.25) is 0 Å². The van der Waals surface area contributed by atoms with Crippen molar-refractivity contribution in [1.82, 2.24) is 5.32 Å². The summed E-state index contributed by atoms with van der Waals surface area (Å²) in [5, 5.41) is 12.7. The molecule has 3 rings (SSSR count). The number of benzene rings is 1. The third-order valence-electron chi connectivity index (χ3n) is 3.38. The van der Waals surface area contributed by atoms with E-state index in [0.29, 0.717) is 6.54 Å². The summed E-state index contributed by atoms with van der Waals surface area (Å²) in [6.45, 7) is 1.48. The van der Waals surface area contributed by atoms with Gasteiger partial charge in [0.25, 0.3) is 0 Å². The van der Waals surface area contributed by atoms with Crippen molar-refractivity contribution in [3.63, 3.8) is 0 Å². The van der Waals surface area contributed by atoms with E-state index in [0.717, 1.165) is 24.5 Å². The number of aliphatic hydroxyl groups excluding tert-OH is 1. The molecular formula is C15H17NO3. The summed E-state index contributed by atoms with van der Waals surface area (Å²) in [4.78, 5) is 0. The maximum absolute atomic E-state index is 9.39. The van der Waals surface area contributed by atoms with Crippen LogP contribution in [0, 0.1) is 0 Å². The van der Waals surface area contributed by atoms with Crippen molar-refractivity contribution in [2.24, 2.45) is 0 Å². The van der Waals surface area contributed by atoms with E-state index in [1.807, 2.05) is 24.3 Å². The van der Waals surface area contributed by atoms with Crippen LogP contribution in [0.2, 0.25) is 0 Å². The largest absolute Gasteiger partial charge is 0.493 e. The maximum Gasteiger partial charge on any atom is 0.123 e. The van der Waals surface area contributed by atoms with Crippen LogP contribution in [-0.4, -0.2) is 18.3 Å². The first-order valence-electron chi connectivity index (χ1n) is 6.49. The molecule has 100 valence electrons. The predicted molar refractivity (Wildman–Crippen MR) is 71.0 cm³/mol. The molecule has 0 spiro atoms. The number of aliphatic hydroxyl groups is 1. The van der Waals surface area contributed by atoms with Gasteiger partial charge in [-0.05, 0) is 29.3 Å². The van der Waals surface area contributed by atoms with E-state index in [4.69, 9.17) is 9.15 Å². The van der Waals surface area contributed by atoms with Crippen LogP contribution in [0.15, 0.2) is 41.0 Å². The highest BCUT2D eigenvalue weighted by Crippen LogP contribution is 2.26. The Morgan fingerprint density at radius 3 is 3.05 bits per heavy atom. The second-order valence-corrected chi connectivity index (χ2v) is 4.67. The summed E-state index contributed by atoms with van der Waals surface area (Å²) >= 11 is 0. The topological polar surface area (TPSA) is 54.6 Å². The molecule has 1 aliphatic heterocycles. The molecule has 2 aromatic rings.